The fourth-order valence-electron chi connectivity index (χ4n) is 4.57. The van der Waals surface area contributed by atoms with E-state index in [2.05, 4.69) is 46.5 Å². The third-order valence-electron chi connectivity index (χ3n) is 7.15. The predicted molar refractivity (Wildman–Crippen MR) is 141 cm³/mol. The van der Waals surface area contributed by atoms with E-state index in [0.29, 0.717) is 24.8 Å². The van der Waals surface area contributed by atoms with Crippen molar-refractivity contribution in [1.29, 1.82) is 0 Å². The number of anilines is 2. The monoisotopic (exact) mass is 491 g/mol. The number of aromatic nitrogens is 4. The van der Waals surface area contributed by atoms with Crippen molar-refractivity contribution in [3.05, 3.63) is 53.5 Å². The second-order valence-corrected chi connectivity index (χ2v) is 10.6. The third kappa shape index (κ3) is 5.84. The molecular weight excluding hydrogens is 454 g/mol. The molecule has 0 saturated carbocycles. The summed E-state index contributed by atoms with van der Waals surface area (Å²) in [6.07, 6.45) is 5.01. The smallest absolute Gasteiger partial charge is 0.317 e. The largest absolute Gasteiger partial charge is 0.396 e. The third-order valence-corrected chi connectivity index (χ3v) is 7.15. The maximum absolute atomic E-state index is 12.8. The Labute approximate surface area is 213 Å². The highest BCUT2D eigenvalue weighted by Gasteiger charge is 2.33. The van der Waals surface area contributed by atoms with Gasteiger partial charge in [0.1, 0.15) is 0 Å². The number of aliphatic hydroxyl groups excluding tert-OH is 1. The summed E-state index contributed by atoms with van der Waals surface area (Å²) in [5, 5.41) is 20.2. The van der Waals surface area contributed by atoms with Gasteiger partial charge in [0, 0.05) is 45.0 Å². The Bertz CT molecular complexity index is 1220. The molecule has 1 aliphatic heterocycles. The highest BCUT2D eigenvalue weighted by molar-refractivity contribution is 5.74. The molecule has 4 rings (SSSR count). The normalized spacial score (nSPS) is 15.8. The Hall–Kier alpha value is -3.46. The molecule has 36 heavy (non-hydrogen) atoms. The van der Waals surface area contributed by atoms with Gasteiger partial charge >= 0.3 is 6.03 Å². The number of benzene rings is 1. The summed E-state index contributed by atoms with van der Waals surface area (Å²) in [5.41, 5.74) is 5.72. The van der Waals surface area contributed by atoms with Gasteiger partial charge in [-0.2, -0.15) is 5.10 Å². The number of amides is 2. The quantitative estimate of drug-likeness (QED) is 0.460. The molecule has 0 radical (unpaired) electrons. The number of nitrogens with one attached hydrogen (secondary N) is 2. The number of nitrogens with zero attached hydrogens (tertiary/aromatic N) is 5. The van der Waals surface area contributed by atoms with Crippen molar-refractivity contribution in [3.63, 3.8) is 0 Å². The van der Waals surface area contributed by atoms with Crippen LogP contribution in [0.2, 0.25) is 0 Å². The molecule has 1 saturated heterocycles. The maximum Gasteiger partial charge on any atom is 0.317 e. The zero-order chi connectivity index (χ0) is 25.9. The number of carbonyl (C=O) groups is 1. The Balaban J connectivity index is 1.46. The molecule has 9 heteroatoms. The number of hydrogen-bond acceptors (Lipinski definition) is 6. The van der Waals surface area contributed by atoms with Gasteiger partial charge in [0.25, 0.3) is 0 Å². The van der Waals surface area contributed by atoms with Gasteiger partial charge in [-0.15, -0.1) is 0 Å². The van der Waals surface area contributed by atoms with Crippen LogP contribution in [-0.2, 0) is 20.0 Å². The van der Waals surface area contributed by atoms with Crippen LogP contribution in [0.4, 0.5) is 16.4 Å². The minimum Gasteiger partial charge on any atom is -0.396 e. The minimum absolute atomic E-state index is 0.0284. The number of urea groups is 1. The number of aryl methyl sites for hydroxylation is 1. The van der Waals surface area contributed by atoms with Gasteiger partial charge in [0.05, 0.1) is 23.3 Å². The molecule has 1 atom stereocenters. The lowest BCUT2D eigenvalue weighted by Gasteiger charge is -2.27. The average molecular weight is 492 g/mol. The number of rotatable bonds is 7. The van der Waals surface area contributed by atoms with E-state index in [1.165, 1.54) is 0 Å². The van der Waals surface area contributed by atoms with E-state index in [0.717, 1.165) is 53.3 Å². The van der Waals surface area contributed by atoms with Crippen LogP contribution in [0.3, 0.4) is 0 Å². The first kappa shape index (κ1) is 25.6. The van der Waals surface area contributed by atoms with Crippen LogP contribution in [0, 0.1) is 18.3 Å². The van der Waals surface area contributed by atoms with Crippen LogP contribution in [0.25, 0.3) is 11.3 Å². The van der Waals surface area contributed by atoms with Gasteiger partial charge in [-0.05, 0) is 54.4 Å². The Morgan fingerprint density at radius 2 is 2.03 bits per heavy atom. The summed E-state index contributed by atoms with van der Waals surface area (Å²) >= 11 is 0. The first-order valence-corrected chi connectivity index (χ1v) is 12.5. The molecule has 0 bridgehead atoms. The van der Waals surface area contributed by atoms with E-state index in [1.807, 2.05) is 43.1 Å². The average Bonchev–Trinajstić information content (AvgIpc) is 3.47. The molecule has 0 aliphatic carbocycles. The Kier molecular flexibility index (Phi) is 7.59. The lowest BCUT2D eigenvalue weighted by molar-refractivity contribution is 0.196. The topological polar surface area (TPSA) is 108 Å². The van der Waals surface area contributed by atoms with Gasteiger partial charge in [-0.25, -0.2) is 14.8 Å². The van der Waals surface area contributed by atoms with E-state index in [9.17, 15) is 9.90 Å². The van der Waals surface area contributed by atoms with Crippen molar-refractivity contribution < 1.29 is 9.90 Å². The van der Waals surface area contributed by atoms with E-state index < -0.39 is 0 Å². The Morgan fingerprint density at radius 1 is 1.22 bits per heavy atom. The van der Waals surface area contributed by atoms with Crippen LogP contribution in [0.1, 0.15) is 44.0 Å². The zero-order valence-corrected chi connectivity index (χ0v) is 21.9. The zero-order valence-electron chi connectivity index (χ0n) is 21.9. The molecule has 3 aromatic rings. The van der Waals surface area contributed by atoms with Crippen LogP contribution < -0.4 is 10.6 Å². The van der Waals surface area contributed by atoms with E-state index in [1.54, 1.807) is 17.1 Å². The van der Waals surface area contributed by atoms with Crippen molar-refractivity contribution in [2.75, 3.05) is 25.0 Å². The van der Waals surface area contributed by atoms with Gasteiger partial charge < -0.3 is 20.6 Å². The first-order valence-electron chi connectivity index (χ1n) is 12.5. The van der Waals surface area contributed by atoms with Gasteiger partial charge in [0.15, 0.2) is 0 Å². The molecule has 3 N–H and O–H groups in total. The molecule has 0 spiro atoms. The fourth-order valence-corrected chi connectivity index (χ4v) is 4.57. The molecule has 1 unspecified atom stereocenters. The standard InChI is InChI=1S/C27H37N7O2/c1-18-24(16-30-33(18)5)32-25-28-11-8-23(31-25)20-6-7-21(19(14-20)10-13-35)15-29-26(36)34-12-9-22(17-34)27(2,3)4/h6-8,11,14,16,22,35H,9-10,12-13,15,17H2,1-5H3,(H,29,36)(H,28,31,32). The maximum atomic E-state index is 12.8. The van der Waals surface area contributed by atoms with Crippen molar-refractivity contribution in [2.24, 2.45) is 18.4 Å². The lowest BCUT2D eigenvalue weighted by Crippen LogP contribution is -2.39. The molecule has 1 aliphatic rings. The molecule has 2 amide bonds. The summed E-state index contributed by atoms with van der Waals surface area (Å²) in [5.74, 6) is 1.00. The summed E-state index contributed by atoms with van der Waals surface area (Å²) in [4.78, 5) is 23.7. The summed E-state index contributed by atoms with van der Waals surface area (Å²) < 4.78 is 1.79. The molecule has 9 nitrogen and oxygen atoms in total. The number of hydrogen-bond donors (Lipinski definition) is 3. The van der Waals surface area contributed by atoms with Gasteiger partial charge in [-0.3, -0.25) is 4.68 Å². The van der Waals surface area contributed by atoms with Crippen molar-refractivity contribution in [3.8, 4) is 11.3 Å². The highest BCUT2D eigenvalue weighted by atomic mass is 16.3. The van der Waals surface area contributed by atoms with Crippen LogP contribution in [0.5, 0.6) is 0 Å². The van der Waals surface area contributed by atoms with E-state index in [4.69, 9.17) is 0 Å². The van der Waals surface area contributed by atoms with Crippen LogP contribution in [-0.4, -0.2) is 55.5 Å². The number of carbonyl (C=O) groups excluding carboxylic acids is 1. The highest BCUT2D eigenvalue weighted by Crippen LogP contribution is 2.33. The van der Waals surface area contributed by atoms with E-state index >= 15 is 0 Å². The minimum atomic E-state index is -0.0296. The van der Waals surface area contributed by atoms with Gasteiger partial charge in [0.2, 0.25) is 5.95 Å². The molecule has 192 valence electrons. The Morgan fingerprint density at radius 3 is 2.69 bits per heavy atom. The second-order valence-electron chi connectivity index (χ2n) is 10.6. The number of likely N-dealkylation sites (tertiary alicyclic amines) is 1. The van der Waals surface area contributed by atoms with Crippen LogP contribution >= 0.6 is 0 Å². The molecule has 3 heterocycles. The van der Waals surface area contributed by atoms with Crippen molar-refractivity contribution in [1.82, 2.24) is 30.0 Å². The molecule has 1 aromatic carbocycles. The van der Waals surface area contributed by atoms with Crippen molar-refractivity contribution >= 4 is 17.7 Å². The summed E-state index contributed by atoms with van der Waals surface area (Å²) in [6.45, 7) is 10.7. The SMILES string of the molecule is Cc1c(Nc2nccc(-c3ccc(CNC(=O)N4CCC(C(C)(C)C)C4)c(CCO)c3)n2)cnn1C. The van der Waals surface area contributed by atoms with Crippen molar-refractivity contribution in [2.45, 2.75) is 47.1 Å². The molecule has 1 fully saturated rings. The summed E-state index contributed by atoms with van der Waals surface area (Å²) in [6, 6.07) is 7.86. The second kappa shape index (κ2) is 10.7. The molecule has 2 aromatic heterocycles. The van der Waals surface area contributed by atoms with Crippen LogP contribution in [0.15, 0.2) is 36.7 Å². The van der Waals surface area contributed by atoms with E-state index in [-0.39, 0.29) is 18.1 Å². The summed E-state index contributed by atoms with van der Waals surface area (Å²) in [7, 11) is 1.89. The first-order chi connectivity index (χ1) is 17.2. The molecular formula is C27H37N7O2. The lowest BCUT2D eigenvalue weighted by atomic mass is 9.80. The predicted octanol–water partition coefficient (Wildman–Crippen LogP) is 4.04. The van der Waals surface area contributed by atoms with Gasteiger partial charge in [-0.1, -0.05) is 32.9 Å². The number of aliphatic hydroxyl groups is 1. The fraction of sp³-hybridized carbons (Fsp3) is 0.481.